The lowest BCUT2D eigenvalue weighted by molar-refractivity contribution is 0.278. The summed E-state index contributed by atoms with van der Waals surface area (Å²) in [6.45, 7) is 0.636. The summed E-state index contributed by atoms with van der Waals surface area (Å²) in [6.07, 6.45) is 0. The van der Waals surface area contributed by atoms with Crippen LogP contribution in [0.3, 0.4) is 0 Å². The molecule has 39 heavy (non-hydrogen) atoms. The van der Waals surface area contributed by atoms with E-state index in [1.54, 1.807) is 25.3 Å². The highest BCUT2D eigenvalue weighted by Crippen LogP contribution is 2.43. The molecule has 0 spiro atoms. The molecule has 0 unspecified atom stereocenters. The lowest BCUT2D eigenvalue weighted by Crippen LogP contribution is -2.07. The first-order valence-corrected chi connectivity index (χ1v) is 12.4. The third-order valence-corrected chi connectivity index (χ3v) is 6.23. The van der Waals surface area contributed by atoms with Crippen LogP contribution in [0.5, 0.6) is 28.7 Å². The van der Waals surface area contributed by atoms with Crippen molar-refractivity contribution in [1.29, 1.82) is 0 Å². The topological polar surface area (TPSA) is 76.4 Å². The lowest BCUT2D eigenvalue weighted by Gasteiger charge is -2.16. The molecule has 5 aromatic rings. The van der Waals surface area contributed by atoms with E-state index in [4.69, 9.17) is 28.1 Å². The molecule has 198 valence electrons. The van der Waals surface area contributed by atoms with E-state index in [9.17, 15) is 4.79 Å². The van der Waals surface area contributed by atoms with Gasteiger partial charge in [0, 0.05) is 17.7 Å². The molecule has 0 amide bonds. The predicted molar refractivity (Wildman–Crippen MR) is 149 cm³/mol. The highest BCUT2D eigenvalue weighted by atomic mass is 16.5. The van der Waals surface area contributed by atoms with Gasteiger partial charge in [0.25, 0.3) is 0 Å². The second-order valence-electron chi connectivity index (χ2n) is 8.70. The zero-order chi connectivity index (χ0) is 27.2. The lowest BCUT2D eigenvalue weighted by atomic mass is 10.1. The molecule has 0 atom stereocenters. The minimum Gasteiger partial charge on any atom is -0.493 e. The van der Waals surface area contributed by atoms with Gasteiger partial charge in [0.15, 0.2) is 28.4 Å². The number of rotatable bonds is 10. The third-order valence-electron chi connectivity index (χ3n) is 6.23. The maximum Gasteiger partial charge on any atom is 0.204 e. The summed E-state index contributed by atoms with van der Waals surface area (Å²) >= 11 is 0. The average Bonchev–Trinajstić information content (AvgIpc) is 2.99. The minimum absolute atomic E-state index is 0.238. The number of hydrogen-bond acceptors (Lipinski definition) is 7. The zero-order valence-electron chi connectivity index (χ0n) is 21.9. The largest absolute Gasteiger partial charge is 0.493 e. The molecule has 7 nitrogen and oxygen atoms in total. The van der Waals surface area contributed by atoms with E-state index < -0.39 is 0 Å². The van der Waals surface area contributed by atoms with E-state index in [2.05, 4.69) is 0 Å². The van der Waals surface area contributed by atoms with Crippen LogP contribution in [0.2, 0.25) is 0 Å². The van der Waals surface area contributed by atoms with Crippen LogP contribution >= 0.6 is 0 Å². The second-order valence-corrected chi connectivity index (χ2v) is 8.70. The van der Waals surface area contributed by atoms with Gasteiger partial charge in [-0.1, -0.05) is 60.7 Å². The summed E-state index contributed by atoms with van der Waals surface area (Å²) in [5, 5.41) is 0.266. The molecule has 4 aromatic carbocycles. The van der Waals surface area contributed by atoms with Crippen LogP contribution < -0.4 is 29.1 Å². The predicted octanol–water partition coefficient (Wildman–Crippen LogP) is 6.64. The van der Waals surface area contributed by atoms with Crippen molar-refractivity contribution in [3.8, 4) is 40.1 Å². The van der Waals surface area contributed by atoms with Crippen LogP contribution in [-0.2, 0) is 13.2 Å². The summed E-state index contributed by atoms with van der Waals surface area (Å²) in [7, 11) is 4.59. The van der Waals surface area contributed by atoms with Crippen molar-refractivity contribution in [1.82, 2.24) is 0 Å². The molecule has 1 aromatic heterocycles. The Hall–Kier alpha value is -4.91. The first kappa shape index (κ1) is 25.7. The van der Waals surface area contributed by atoms with Gasteiger partial charge in [0.1, 0.15) is 29.9 Å². The summed E-state index contributed by atoms with van der Waals surface area (Å²) < 4.78 is 35.0. The first-order valence-electron chi connectivity index (χ1n) is 12.4. The van der Waals surface area contributed by atoms with Crippen molar-refractivity contribution in [3.63, 3.8) is 0 Å². The highest BCUT2D eigenvalue weighted by molar-refractivity contribution is 5.90. The van der Waals surface area contributed by atoms with E-state index in [-0.39, 0.29) is 23.2 Å². The van der Waals surface area contributed by atoms with Crippen molar-refractivity contribution in [2.24, 2.45) is 0 Å². The fraction of sp³-hybridized carbons (Fsp3) is 0.156. The summed E-state index contributed by atoms with van der Waals surface area (Å²) in [4.78, 5) is 13.5. The van der Waals surface area contributed by atoms with Gasteiger partial charge in [0.2, 0.25) is 5.75 Å². The number of methoxy groups -OCH3 is 3. The fourth-order valence-corrected chi connectivity index (χ4v) is 4.28. The number of fused-ring (bicyclic) bond motifs is 1. The van der Waals surface area contributed by atoms with Crippen LogP contribution in [0.15, 0.2) is 100 Å². The van der Waals surface area contributed by atoms with Gasteiger partial charge in [-0.15, -0.1) is 0 Å². The standard InChI is InChI=1S/C32H28O7/c1-34-27-16-23(14-15-25(27)37-19-21-10-6-4-7-11-21)26-17-24(33)30-28(39-26)18-29(35-2)31(36-3)32(30)38-20-22-12-8-5-9-13-22/h4-18H,19-20H2,1-3H3. The van der Waals surface area contributed by atoms with Crippen LogP contribution in [0, 0.1) is 0 Å². The van der Waals surface area contributed by atoms with Crippen LogP contribution in [0.1, 0.15) is 11.1 Å². The highest BCUT2D eigenvalue weighted by Gasteiger charge is 2.22. The Morgan fingerprint density at radius 1 is 0.615 bits per heavy atom. The van der Waals surface area contributed by atoms with E-state index >= 15 is 0 Å². The zero-order valence-corrected chi connectivity index (χ0v) is 21.9. The Labute approximate surface area is 226 Å². The maximum atomic E-state index is 13.5. The molecule has 5 rings (SSSR count). The number of hydrogen-bond donors (Lipinski definition) is 0. The van der Waals surface area contributed by atoms with Crippen molar-refractivity contribution >= 4 is 11.0 Å². The molecule has 0 aliphatic heterocycles. The van der Waals surface area contributed by atoms with Crippen molar-refractivity contribution < 1.29 is 28.1 Å². The van der Waals surface area contributed by atoms with Gasteiger partial charge >= 0.3 is 0 Å². The SMILES string of the molecule is COc1cc(-c2cc(=O)c3c(OCc4ccccc4)c(OC)c(OC)cc3o2)ccc1OCc1ccccc1. The van der Waals surface area contributed by atoms with Crippen molar-refractivity contribution in [2.45, 2.75) is 13.2 Å². The number of benzene rings is 4. The Morgan fingerprint density at radius 2 is 1.26 bits per heavy atom. The van der Waals surface area contributed by atoms with E-state index in [1.807, 2.05) is 66.7 Å². The quantitative estimate of drug-likeness (QED) is 0.203. The van der Waals surface area contributed by atoms with Gasteiger partial charge in [-0.05, 0) is 29.3 Å². The fourth-order valence-electron chi connectivity index (χ4n) is 4.28. The monoisotopic (exact) mass is 524 g/mol. The second kappa shape index (κ2) is 11.6. The first-order chi connectivity index (χ1) is 19.1. The molecule has 7 heteroatoms. The summed E-state index contributed by atoms with van der Waals surface area (Å²) in [6, 6.07) is 28.0. The van der Waals surface area contributed by atoms with E-state index in [1.165, 1.54) is 20.3 Å². The maximum absolute atomic E-state index is 13.5. The smallest absolute Gasteiger partial charge is 0.204 e. The minimum atomic E-state index is -0.279. The van der Waals surface area contributed by atoms with Crippen LogP contribution in [0.25, 0.3) is 22.3 Å². The van der Waals surface area contributed by atoms with Gasteiger partial charge in [-0.25, -0.2) is 0 Å². The normalized spacial score (nSPS) is 10.7. The molecular weight excluding hydrogens is 496 g/mol. The molecule has 0 N–H and O–H groups in total. The van der Waals surface area contributed by atoms with Gasteiger partial charge in [-0.2, -0.15) is 0 Å². The molecule has 0 aliphatic carbocycles. The van der Waals surface area contributed by atoms with Gasteiger partial charge < -0.3 is 28.1 Å². The van der Waals surface area contributed by atoms with E-state index in [0.717, 1.165) is 11.1 Å². The molecule has 0 fully saturated rings. The molecule has 1 heterocycles. The molecule has 0 saturated carbocycles. The molecule has 0 radical (unpaired) electrons. The van der Waals surface area contributed by atoms with Crippen LogP contribution in [0.4, 0.5) is 0 Å². The summed E-state index contributed by atoms with van der Waals surface area (Å²) in [5.41, 5.74) is 2.66. The Kier molecular flexibility index (Phi) is 7.68. The number of ether oxygens (including phenoxy) is 5. The Balaban J connectivity index is 1.52. The molecule has 0 bridgehead atoms. The van der Waals surface area contributed by atoms with Gasteiger partial charge in [0.05, 0.1) is 21.3 Å². The molecular formula is C32H28O7. The van der Waals surface area contributed by atoms with Crippen molar-refractivity contribution in [3.05, 3.63) is 112 Å². The van der Waals surface area contributed by atoms with Crippen LogP contribution in [-0.4, -0.2) is 21.3 Å². The molecule has 0 aliphatic rings. The van der Waals surface area contributed by atoms with Gasteiger partial charge in [-0.3, -0.25) is 4.79 Å². The average molecular weight is 525 g/mol. The Morgan fingerprint density at radius 3 is 1.87 bits per heavy atom. The molecule has 0 saturated heterocycles. The third kappa shape index (κ3) is 5.52. The Bertz CT molecular complexity index is 1630. The van der Waals surface area contributed by atoms with E-state index in [0.29, 0.717) is 46.5 Å². The summed E-state index contributed by atoms with van der Waals surface area (Å²) in [5.74, 6) is 2.43. The van der Waals surface area contributed by atoms with Crippen molar-refractivity contribution in [2.75, 3.05) is 21.3 Å².